The third-order valence-corrected chi connectivity index (χ3v) is 2.40. The van der Waals surface area contributed by atoms with Crippen molar-refractivity contribution in [1.82, 2.24) is 15.1 Å². The third kappa shape index (κ3) is 1.85. The lowest BCUT2D eigenvalue weighted by Crippen LogP contribution is -2.13. The number of rotatable bonds is 3. The lowest BCUT2D eigenvalue weighted by molar-refractivity contribution is 0.438. The molecule has 2 aromatic heterocycles. The molecule has 0 amide bonds. The first-order chi connectivity index (χ1) is 7.61. The predicted molar refractivity (Wildman–Crippen MR) is 60.3 cm³/mol. The topological polar surface area (TPSA) is 71.8 Å². The fraction of sp³-hybridized carbons (Fsp3) is 0.545. The van der Waals surface area contributed by atoms with E-state index in [4.69, 9.17) is 4.52 Å². The molecule has 16 heavy (non-hydrogen) atoms. The van der Waals surface area contributed by atoms with Crippen LogP contribution in [0.4, 0.5) is 0 Å². The Hall–Kier alpha value is -1.65. The van der Waals surface area contributed by atoms with Crippen molar-refractivity contribution in [2.24, 2.45) is 5.92 Å². The van der Waals surface area contributed by atoms with E-state index in [-0.39, 0.29) is 5.56 Å². The van der Waals surface area contributed by atoms with Crippen LogP contribution >= 0.6 is 0 Å². The number of aromatic nitrogens is 3. The zero-order chi connectivity index (χ0) is 11.7. The molecule has 2 aromatic rings. The molecule has 2 rings (SSSR count). The lowest BCUT2D eigenvalue weighted by atomic mass is 10.1. The molecule has 0 bridgehead atoms. The summed E-state index contributed by atoms with van der Waals surface area (Å²) in [6, 6.07) is 0. The van der Waals surface area contributed by atoms with Crippen LogP contribution in [0.1, 0.15) is 32.3 Å². The van der Waals surface area contributed by atoms with Crippen LogP contribution in [0.2, 0.25) is 0 Å². The zero-order valence-corrected chi connectivity index (χ0v) is 9.70. The van der Waals surface area contributed by atoms with Gasteiger partial charge in [0.05, 0.1) is 5.69 Å². The van der Waals surface area contributed by atoms with Crippen molar-refractivity contribution in [1.29, 1.82) is 0 Å². The highest BCUT2D eigenvalue weighted by Gasteiger charge is 2.13. The van der Waals surface area contributed by atoms with E-state index in [1.165, 1.54) is 0 Å². The maximum atomic E-state index is 11.8. The molecule has 0 saturated carbocycles. The van der Waals surface area contributed by atoms with Crippen molar-refractivity contribution in [3.63, 3.8) is 0 Å². The van der Waals surface area contributed by atoms with E-state index in [0.29, 0.717) is 35.0 Å². The van der Waals surface area contributed by atoms with Crippen LogP contribution in [-0.4, -0.2) is 15.1 Å². The number of aromatic amines is 1. The van der Waals surface area contributed by atoms with E-state index in [1.54, 1.807) is 0 Å². The fourth-order valence-electron chi connectivity index (χ4n) is 1.69. The van der Waals surface area contributed by atoms with Gasteiger partial charge in [0.25, 0.3) is 11.3 Å². The van der Waals surface area contributed by atoms with Gasteiger partial charge in [0.1, 0.15) is 11.2 Å². The van der Waals surface area contributed by atoms with Crippen molar-refractivity contribution < 1.29 is 4.52 Å². The molecule has 0 atom stereocenters. The molecule has 5 nitrogen and oxygen atoms in total. The highest BCUT2D eigenvalue weighted by Crippen LogP contribution is 2.13. The molecule has 0 saturated heterocycles. The quantitative estimate of drug-likeness (QED) is 0.855. The summed E-state index contributed by atoms with van der Waals surface area (Å²) in [5.74, 6) is 1.10. The van der Waals surface area contributed by atoms with Crippen molar-refractivity contribution in [2.45, 2.75) is 33.6 Å². The minimum Gasteiger partial charge on any atom is -0.335 e. The second-order valence-corrected chi connectivity index (χ2v) is 4.27. The van der Waals surface area contributed by atoms with E-state index in [1.807, 2.05) is 6.92 Å². The van der Waals surface area contributed by atoms with Gasteiger partial charge in [0.2, 0.25) is 0 Å². The molecule has 5 heteroatoms. The van der Waals surface area contributed by atoms with Crippen LogP contribution in [0, 0.1) is 5.92 Å². The molecular formula is C11H15N3O2. The molecule has 0 aliphatic heterocycles. The van der Waals surface area contributed by atoms with Gasteiger partial charge in [-0.3, -0.25) is 4.79 Å². The first kappa shape index (κ1) is 10.9. The molecule has 0 fully saturated rings. The van der Waals surface area contributed by atoms with Gasteiger partial charge in [-0.25, -0.2) is 0 Å². The highest BCUT2D eigenvalue weighted by atomic mass is 16.5. The summed E-state index contributed by atoms with van der Waals surface area (Å²) in [6.45, 7) is 6.07. The summed E-state index contributed by atoms with van der Waals surface area (Å²) < 4.78 is 5.06. The summed E-state index contributed by atoms with van der Waals surface area (Å²) in [5.41, 5.74) is 0.856. The molecule has 0 spiro atoms. The van der Waals surface area contributed by atoms with Crippen LogP contribution in [0.15, 0.2) is 9.32 Å². The molecule has 0 aromatic carbocycles. The van der Waals surface area contributed by atoms with E-state index < -0.39 is 0 Å². The Morgan fingerprint density at radius 1 is 1.44 bits per heavy atom. The van der Waals surface area contributed by atoms with Crippen molar-refractivity contribution in [3.05, 3.63) is 21.9 Å². The second-order valence-electron chi connectivity index (χ2n) is 4.27. The lowest BCUT2D eigenvalue weighted by Gasteiger charge is -2.02. The normalized spacial score (nSPS) is 11.5. The Labute approximate surface area is 92.9 Å². The molecule has 2 heterocycles. The number of fused-ring (bicyclic) bond motifs is 1. The summed E-state index contributed by atoms with van der Waals surface area (Å²) in [4.78, 5) is 18.9. The first-order valence-electron chi connectivity index (χ1n) is 5.49. The van der Waals surface area contributed by atoms with Gasteiger partial charge in [-0.05, 0) is 12.3 Å². The predicted octanol–water partition coefficient (Wildman–Crippen LogP) is 1.67. The van der Waals surface area contributed by atoms with Gasteiger partial charge in [-0.1, -0.05) is 25.9 Å². The van der Waals surface area contributed by atoms with Crippen molar-refractivity contribution >= 4 is 11.1 Å². The fourth-order valence-corrected chi connectivity index (χ4v) is 1.69. The van der Waals surface area contributed by atoms with Gasteiger partial charge in [0, 0.05) is 6.42 Å². The Kier molecular flexibility index (Phi) is 2.77. The largest absolute Gasteiger partial charge is 0.335 e. The molecule has 0 aliphatic carbocycles. The Bertz CT molecular complexity index is 554. The number of aryl methyl sites for hydroxylation is 1. The van der Waals surface area contributed by atoms with Crippen molar-refractivity contribution in [2.75, 3.05) is 0 Å². The Balaban J connectivity index is 2.56. The minimum atomic E-state index is -0.154. The van der Waals surface area contributed by atoms with Gasteiger partial charge in [0.15, 0.2) is 0 Å². The molecule has 0 unspecified atom stereocenters. The summed E-state index contributed by atoms with van der Waals surface area (Å²) in [7, 11) is 0. The molecular weight excluding hydrogens is 206 g/mol. The first-order valence-corrected chi connectivity index (χ1v) is 5.49. The van der Waals surface area contributed by atoms with E-state index in [0.717, 1.165) is 6.42 Å². The number of hydrogen-bond acceptors (Lipinski definition) is 4. The molecule has 0 aliphatic rings. The highest BCUT2D eigenvalue weighted by molar-refractivity contribution is 5.74. The number of nitrogens with zero attached hydrogens (tertiary/aromatic N) is 2. The minimum absolute atomic E-state index is 0.154. The standard InChI is InChI=1S/C11H15N3O2/c1-4-7-9-10(15)12-8(5-6(2)3)13-11(9)16-14-7/h6H,4-5H2,1-3H3,(H,12,13,15). The number of nitrogens with one attached hydrogen (secondary N) is 1. The second kappa shape index (κ2) is 4.08. The molecule has 1 N–H and O–H groups in total. The van der Waals surface area contributed by atoms with Gasteiger partial charge in [-0.15, -0.1) is 0 Å². The Morgan fingerprint density at radius 2 is 2.19 bits per heavy atom. The van der Waals surface area contributed by atoms with Crippen LogP contribution in [0.3, 0.4) is 0 Å². The van der Waals surface area contributed by atoms with E-state index in [9.17, 15) is 4.79 Å². The van der Waals surface area contributed by atoms with E-state index in [2.05, 4.69) is 29.0 Å². The summed E-state index contributed by atoms with van der Waals surface area (Å²) in [5, 5.41) is 4.32. The monoisotopic (exact) mass is 221 g/mol. The SMILES string of the molecule is CCc1noc2nc(CC(C)C)[nH]c(=O)c12. The van der Waals surface area contributed by atoms with Gasteiger partial charge < -0.3 is 9.51 Å². The summed E-state index contributed by atoms with van der Waals surface area (Å²) in [6.07, 6.45) is 1.40. The number of hydrogen-bond donors (Lipinski definition) is 1. The van der Waals surface area contributed by atoms with Crippen LogP contribution in [-0.2, 0) is 12.8 Å². The molecule has 0 radical (unpaired) electrons. The van der Waals surface area contributed by atoms with Crippen LogP contribution in [0.5, 0.6) is 0 Å². The Morgan fingerprint density at radius 3 is 2.81 bits per heavy atom. The van der Waals surface area contributed by atoms with Gasteiger partial charge in [-0.2, -0.15) is 4.98 Å². The average Bonchev–Trinajstić information content (AvgIpc) is 2.59. The van der Waals surface area contributed by atoms with Gasteiger partial charge >= 0.3 is 0 Å². The van der Waals surface area contributed by atoms with Crippen LogP contribution < -0.4 is 5.56 Å². The maximum absolute atomic E-state index is 11.8. The smallest absolute Gasteiger partial charge is 0.265 e. The number of H-pyrrole nitrogens is 1. The molecule has 86 valence electrons. The summed E-state index contributed by atoms with van der Waals surface area (Å²) >= 11 is 0. The third-order valence-electron chi connectivity index (χ3n) is 2.40. The van der Waals surface area contributed by atoms with E-state index >= 15 is 0 Å². The zero-order valence-electron chi connectivity index (χ0n) is 9.70. The maximum Gasteiger partial charge on any atom is 0.265 e. The van der Waals surface area contributed by atoms with Crippen molar-refractivity contribution in [3.8, 4) is 0 Å². The average molecular weight is 221 g/mol. The van der Waals surface area contributed by atoms with Crippen LogP contribution in [0.25, 0.3) is 11.1 Å².